The molecular formula is C21H45NNa2O15S2. The predicted octanol–water partition coefficient (Wildman–Crippen LogP) is -7.12. The van der Waals surface area contributed by atoms with Crippen molar-refractivity contribution in [3.63, 3.8) is 0 Å². The Morgan fingerprint density at radius 3 is 1.51 bits per heavy atom. The Hall–Kier alpha value is 0.970. The Morgan fingerprint density at radius 1 is 0.756 bits per heavy atom. The van der Waals surface area contributed by atoms with Gasteiger partial charge in [-0.1, -0.05) is 64.7 Å². The molecule has 0 fully saturated rings. The molecule has 20 heteroatoms. The van der Waals surface area contributed by atoms with E-state index in [-0.39, 0.29) is 65.7 Å². The molecule has 0 saturated carbocycles. The summed E-state index contributed by atoms with van der Waals surface area (Å²) < 4.78 is 71.2. The van der Waals surface area contributed by atoms with Gasteiger partial charge in [-0.05, 0) is 12.8 Å². The number of amides is 1. The first-order chi connectivity index (χ1) is 18.0. The van der Waals surface area contributed by atoms with Crippen LogP contribution >= 0.6 is 0 Å². The van der Waals surface area contributed by atoms with Gasteiger partial charge in [-0.15, -0.1) is 0 Å². The summed E-state index contributed by atoms with van der Waals surface area (Å²) in [7, 11) is -9.83. The molecule has 0 bridgehead atoms. The molecule has 0 rings (SSSR count). The summed E-state index contributed by atoms with van der Waals surface area (Å²) in [6.07, 6.45) is 6.08. The Balaban J connectivity index is -0.000000307. The second kappa shape index (κ2) is 32.4. The van der Waals surface area contributed by atoms with Crippen LogP contribution in [0, 0.1) is 0 Å². The van der Waals surface area contributed by atoms with Crippen molar-refractivity contribution in [3.05, 3.63) is 0 Å². The van der Waals surface area contributed by atoms with Crippen molar-refractivity contribution < 1.29 is 129 Å². The fourth-order valence-electron chi connectivity index (χ4n) is 2.96. The van der Waals surface area contributed by atoms with Crippen molar-refractivity contribution >= 4 is 26.7 Å². The van der Waals surface area contributed by atoms with Crippen LogP contribution in [0.3, 0.4) is 0 Å². The monoisotopic (exact) mass is 661 g/mol. The molecule has 16 nitrogen and oxygen atoms in total. The van der Waals surface area contributed by atoms with Crippen molar-refractivity contribution in [3.8, 4) is 0 Å². The van der Waals surface area contributed by atoms with Crippen LogP contribution in [-0.2, 0) is 30.3 Å². The summed E-state index contributed by atoms with van der Waals surface area (Å²) in [6.45, 7) is 2.89. The number of carbonyl (C=O) groups is 1. The van der Waals surface area contributed by atoms with E-state index >= 15 is 0 Å². The van der Waals surface area contributed by atoms with Crippen molar-refractivity contribution in [2.75, 3.05) is 26.4 Å². The molecule has 0 heterocycles. The van der Waals surface area contributed by atoms with Crippen molar-refractivity contribution in [2.24, 2.45) is 0 Å². The zero-order valence-electron chi connectivity index (χ0n) is 24.1. The minimum atomic E-state index is -5.17. The van der Waals surface area contributed by atoms with Crippen LogP contribution in [0.25, 0.3) is 0 Å². The van der Waals surface area contributed by atoms with Crippen molar-refractivity contribution in [1.29, 1.82) is 0 Å². The Morgan fingerprint density at radius 2 is 1.12 bits per heavy atom. The van der Waals surface area contributed by atoms with Crippen LogP contribution in [-0.4, -0.2) is 117 Å². The Kier molecular flexibility index (Phi) is 40.7. The van der Waals surface area contributed by atoms with Gasteiger partial charge < -0.3 is 44.7 Å². The zero-order valence-corrected chi connectivity index (χ0v) is 29.8. The second-order valence-electron chi connectivity index (χ2n) is 8.47. The van der Waals surface area contributed by atoms with Gasteiger partial charge in [0.05, 0.1) is 6.61 Å². The summed E-state index contributed by atoms with van der Waals surface area (Å²) in [5.41, 5.74) is 0. The number of rotatable bonds is 20. The van der Waals surface area contributed by atoms with E-state index in [1.165, 1.54) is 51.4 Å². The van der Waals surface area contributed by atoms with E-state index in [4.69, 9.17) is 44.9 Å². The number of hydrogen-bond acceptors (Lipinski definition) is 13. The fraction of sp³-hybridized carbons (Fsp3) is 0.952. The normalized spacial score (nSPS) is 13.9. The summed E-state index contributed by atoms with van der Waals surface area (Å²) in [5.74, 6) is -0.851. The average Bonchev–Trinajstić information content (AvgIpc) is 2.82. The smallest absolute Gasteiger partial charge is 0.759 e. The third kappa shape index (κ3) is 48.1. The van der Waals surface area contributed by atoms with Gasteiger partial charge in [-0.3, -0.25) is 22.3 Å². The van der Waals surface area contributed by atoms with E-state index in [0.29, 0.717) is 19.6 Å². The molecule has 0 aliphatic carbocycles. The van der Waals surface area contributed by atoms with Gasteiger partial charge in [0.1, 0.15) is 18.3 Å². The molecule has 0 aromatic heterocycles. The van der Waals surface area contributed by atoms with E-state index < -0.39 is 57.7 Å². The van der Waals surface area contributed by atoms with Crippen molar-refractivity contribution in [2.45, 2.75) is 102 Å². The number of carbonyl (C=O) groups excluding carboxylic acids is 1. The van der Waals surface area contributed by atoms with Crippen LogP contribution in [0.4, 0.5) is 0 Å². The number of aliphatic hydroxyl groups is 5. The Labute approximate surface area is 287 Å². The number of aliphatic hydroxyl groups excluding tert-OH is 5. The molecule has 0 unspecified atom stereocenters. The van der Waals surface area contributed by atoms with Crippen LogP contribution in [0.15, 0.2) is 0 Å². The van der Waals surface area contributed by atoms with E-state index in [1.807, 2.05) is 0 Å². The molecule has 0 aliphatic rings. The molecule has 4 atom stereocenters. The summed E-state index contributed by atoms with van der Waals surface area (Å²) in [4.78, 5) is 11.7. The molecule has 0 saturated heterocycles. The molecule has 41 heavy (non-hydrogen) atoms. The summed E-state index contributed by atoms with van der Waals surface area (Å²) in [6, 6.07) is 0. The van der Waals surface area contributed by atoms with Gasteiger partial charge in [0, 0.05) is 30.2 Å². The minimum absolute atomic E-state index is 0. The zero-order chi connectivity index (χ0) is 30.9. The van der Waals surface area contributed by atoms with Gasteiger partial charge in [0.2, 0.25) is 0 Å². The van der Waals surface area contributed by atoms with Crippen molar-refractivity contribution in [1.82, 2.24) is 5.32 Å². The maximum absolute atomic E-state index is 11.7. The van der Waals surface area contributed by atoms with E-state index in [0.717, 1.165) is 12.8 Å². The quantitative estimate of drug-likeness (QED) is 0.0260. The molecule has 0 aromatic carbocycles. The third-order valence-corrected chi connectivity index (χ3v) is 4.93. The molecule has 238 valence electrons. The maximum atomic E-state index is 11.7. The maximum Gasteiger partial charge on any atom is 1.00 e. The second-order valence-corrected chi connectivity index (χ2v) is 10.2. The molecule has 1 amide bonds. The summed E-state index contributed by atoms with van der Waals surface area (Å²) in [5, 5.41) is 49.2. The van der Waals surface area contributed by atoms with Gasteiger partial charge in [-0.25, -0.2) is 0 Å². The molecule has 8 N–H and O–H groups in total. The number of hydrogen-bond donors (Lipinski definition) is 8. The average molecular weight is 662 g/mol. The van der Waals surface area contributed by atoms with Gasteiger partial charge in [0.15, 0.2) is 6.10 Å². The first-order valence-corrected chi connectivity index (χ1v) is 15.2. The van der Waals surface area contributed by atoms with Crippen LogP contribution in [0.1, 0.15) is 77.6 Å². The molecule has 0 aliphatic heterocycles. The van der Waals surface area contributed by atoms with Gasteiger partial charge >= 0.3 is 69.5 Å². The SMILES string of the molecule is CCCCCCCCCCCCOCCCNC(=O)[C@H](O)[C@@H](O)[C@H](O)[C@H](O)CO.O=S(=O)(O)O.O=S(=O)([O-])[O-].[Na+].[Na+]. The first-order valence-electron chi connectivity index (χ1n) is 12.5. The van der Waals surface area contributed by atoms with Gasteiger partial charge in [0.25, 0.3) is 5.91 Å². The predicted molar refractivity (Wildman–Crippen MR) is 136 cm³/mol. The molecular weight excluding hydrogens is 616 g/mol. The fourth-order valence-corrected chi connectivity index (χ4v) is 2.96. The van der Waals surface area contributed by atoms with E-state index in [2.05, 4.69) is 12.2 Å². The number of unbranched alkanes of at least 4 members (excludes halogenated alkanes) is 9. The van der Waals surface area contributed by atoms with Crippen LogP contribution < -0.4 is 64.4 Å². The van der Waals surface area contributed by atoms with E-state index in [9.17, 15) is 25.2 Å². The molecule has 0 spiro atoms. The van der Waals surface area contributed by atoms with E-state index in [1.54, 1.807) is 0 Å². The van der Waals surface area contributed by atoms with Gasteiger partial charge in [-0.2, -0.15) is 8.42 Å². The third-order valence-electron chi connectivity index (χ3n) is 4.93. The summed E-state index contributed by atoms with van der Waals surface area (Å²) >= 11 is 0. The number of ether oxygens (including phenoxy) is 1. The largest absolute Gasteiger partial charge is 1.00 e. The first kappa shape index (κ1) is 51.5. The minimum Gasteiger partial charge on any atom is -0.759 e. The van der Waals surface area contributed by atoms with Crippen LogP contribution in [0.2, 0.25) is 0 Å². The van der Waals surface area contributed by atoms with Crippen LogP contribution in [0.5, 0.6) is 0 Å². The molecule has 0 aromatic rings. The number of nitrogens with one attached hydrogen (secondary N) is 1. The Bertz CT molecular complexity index is 746. The molecule has 0 radical (unpaired) electrons. The standard InChI is InChI=1S/C21H43NO7.2Na.2H2O4S/c1-2-3-4-5-6-7-8-9-10-11-14-29-15-12-13-22-21(28)20(27)19(26)18(25)17(24)16-23;;;2*1-5(2,3)4/h17-20,23-27H,2-16H2,1H3,(H,22,28);;;2*(H2,1,2,3,4)/q;2*+1;;/p-2/t17-,18-,19+,20-;;;;/m1..../s1. The topological polar surface area (TPSA) is 294 Å².